The Balaban J connectivity index is 2.55. The number of quaternary nitrogens is 1. The molecule has 0 aliphatic carbocycles. The quantitative estimate of drug-likeness (QED) is 0.160. The van der Waals surface area contributed by atoms with E-state index in [9.17, 15) is 17.8 Å². The van der Waals surface area contributed by atoms with E-state index in [1.165, 1.54) is 57.8 Å². The van der Waals surface area contributed by atoms with E-state index in [1.54, 1.807) is 0 Å². The first kappa shape index (κ1) is 29.4. The molecule has 2 atom stereocenters. The number of rotatable bonds is 18. The summed E-state index contributed by atoms with van der Waals surface area (Å²) in [5.41, 5.74) is 0. The number of unbranched alkanes of at least 4 members (excludes halogenated alkanes) is 9. The van der Waals surface area contributed by atoms with Crippen LogP contribution in [-0.4, -0.2) is 73.3 Å². The molecule has 6 nitrogen and oxygen atoms in total. The van der Waals surface area contributed by atoms with Crippen molar-refractivity contribution in [3.63, 3.8) is 0 Å². The van der Waals surface area contributed by atoms with Crippen LogP contribution < -0.4 is 0 Å². The lowest BCUT2D eigenvalue weighted by Gasteiger charge is -2.45. The summed E-state index contributed by atoms with van der Waals surface area (Å²) in [6, 6.07) is 0. The Kier molecular flexibility index (Phi) is 14.7. The van der Waals surface area contributed by atoms with Crippen molar-refractivity contribution in [2.75, 3.05) is 45.0 Å². The van der Waals surface area contributed by atoms with Crippen LogP contribution in [0.3, 0.4) is 0 Å². The maximum Gasteiger partial charge on any atom is 0.231 e. The van der Waals surface area contributed by atoms with E-state index in [0.717, 1.165) is 56.5 Å². The number of carbonyl (C=O) groups excluding carboxylic acids is 1. The van der Waals surface area contributed by atoms with E-state index >= 15 is 0 Å². The number of carbonyl (C=O) groups is 1. The molecule has 0 bridgehead atoms. The van der Waals surface area contributed by atoms with Gasteiger partial charge >= 0.3 is 0 Å². The van der Waals surface area contributed by atoms with Crippen molar-refractivity contribution in [1.29, 1.82) is 0 Å². The first-order valence-electron chi connectivity index (χ1n) is 13.3. The molecule has 1 aliphatic heterocycles. The Morgan fingerprint density at radius 1 is 0.875 bits per heavy atom. The molecule has 0 aromatic carbocycles. The molecule has 7 heteroatoms. The molecule has 32 heavy (non-hydrogen) atoms. The fraction of sp³-hybridized carbons (Fsp3) is 0.960. The van der Waals surface area contributed by atoms with Crippen molar-refractivity contribution in [3.8, 4) is 0 Å². The summed E-state index contributed by atoms with van der Waals surface area (Å²) in [5.74, 6) is -0.0213. The van der Waals surface area contributed by atoms with Gasteiger partial charge in [0.2, 0.25) is 5.91 Å². The van der Waals surface area contributed by atoms with Gasteiger partial charge in [0.25, 0.3) is 0 Å². The number of hydrogen-bond acceptors (Lipinski definition) is 4. The molecule has 0 saturated carbocycles. The predicted molar refractivity (Wildman–Crippen MR) is 131 cm³/mol. The third-order valence-electron chi connectivity index (χ3n) is 7.23. The largest absolute Gasteiger partial charge is 0.748 e. The Labute approximate surface area is 198 Å². The summed E-state index contributed by atoms with van der Waals surface area (Å²) < 4.78 is 34.2. The molecule has 0 aromatic rings. The zero-order valence-electron chi connectivity index (χ0n) is 21.2. The van der Waals surface area contributed by atoms with Crippen LogP contribution in [-0.2, 0) is 14.9 Å². The SMILES string of the molecule is CCCCCCCCCCCC[N+]1(CCCS(=O)(=O)[O-])CCCC(C(=O)N(CC)CC)C1. The van der Waals surface area contributed by atoms with Crippen LogP contribution >= 0.6 is 0 Å². The summed E-state index contributed by atoms with van der Waals surface area (Å²) >= 11 is 0. The Morgan fingerprint density at radius 3 is 1.94 bits per heavy atom. The van der Waals surface area contributed by atoms with Crippen LogP contribution in [0.15, 0.2) is 0 Å². The van der Waals surface area contributed by atoms with E-state index < -0.39 is 10.1 Å². The topological polar surface area (TPSA) is 77.5 Å². The van der Waals surface area contributed by atoms with E-state index in [2.05, 4.69) is 6.92 Å². The van der Waals surface area contributed by atoms with Crippen molar-refractivity contribution in [1.82, 2.24) is 4.90 Å². The molecule has 0 radical (unpaired) electrons. The molecule has 1 fully saturated rings. The van der Waals surface area contributed by atoms with Crippen LogP contribution in [0.25, 0.3) is 0 Å². The van der Waals surface area contributed by atoms with E-state index in [-0.39, 0.29) is 17.6 Å². The second kappa shape index (κ2) is 16.0. The second-order valence-electron chi connectivity index (χ2n) is 9.84. The Hall–Kier alpha value is -0.660. The van der Waals surface area contributed by atoms with Crippen LogP contribution in [0.1, 0.15) is 104 Å². The van der Waals surface area contributed by atoms with Crippen LogP contribution in [0.2, 0.25) is 0 Å². The highest BCUT2D eigenvalue weighted by Crippen LogP contribution is 2.27. The minimum atomic E-state index is -4.18. The summed E-state index contributed by atoms with van der Waals surface area (Å²) in [6.45, 7) is 11.3. The number of hydrogen-bond donors (Lipinski definition) is 0. The van der Waals surface area contributed by atoms with Gasteiger partial charge in [0.05, 0.1) is 42.2 Å². The number of nitrogens with zero attached hydrogens (tertiary/aromatic N) is 2. The molecule has 1 aliphatic rings. The van der Waals surface area contributed by atoms with Crippen LogP contribution in [0.5, 0.6) is 0 Å². The highest BCUT2D eigenvalue weighted by molar-refractivity contribution is 7.85. The molecule has 1 saturated heterocycles. The molecular weight excluding hydrogens is 424 g/mol. The predicted octanol–water partition coefficient (Wildman–Crippen LogP) is 4.94. The molecular formula is C25H50N2O4S. The minimum absolute atomic E-state index is 0.0237. The smallest absolute Gasteiger partial charge is 0.231 e. The van der Waals surface area contributed by atoms with E-state index in [4.69, 9.17) is 0 Å². The lowest BCUT2D eigenvalue weighted by molar-refractivity contribution is -0.935. The third kappa shape index (κ3) is 12.0. The van der Waals surface area contributed by atoms with Gasteiger partial charge in [-0.05, 0) is 39.5 Å². The van der Waals surface area contributed by atoms with Crippen LogP contribution in [0, 0.1) is 5.92 Å². The average Bonchev–Trinajstić information content (AvgIpc) is 2.75. The number of piperidine rings is 1. The summed E-state index contributed by atoms with van der Waals surface area (Å²) in [7, 11) is -4.18. The van der Waals surface area contributed by atoms with Gasteiger partial charge < -0.3 is 13.9 Å². The van der Waals surface area contributed by atoms with Crippen molar-refractivity contribution in [3.05, 3.63) is 0 Å². The summed E-state index contributed by atoms with van der Waals surface area (Å²) in [4.78, 5) is 14.9. The van der Waals surface area contributed by atoms with Gasteiger partial charge in [0.15, 0.2) is 0 Å². The molecule has 1 amide bonds. The van der Waals surface area contributed by atoms with Crippen molar-refractivity contribution in [2.24, 2.45) is 5.92 Å². The van der Waals surface area contributed by atoms with Gasteiger partial charge in [-0.3, -0.25) is 4.79 Å². The van der Waals surface area contributed by atoms with Gasteiger partial charge in [-0.2, -0.15) is 0 Å². The minimum Gasteiger partial charge on any atom is -0.748 e. The molecule has 2 unspecified atom stereocenters. The van der Waals surface area contributed by atoms with Gasteiger partial charge in [0, 0.05) is 25.3 Å². The third-order valence-corrected chi connectivity index (χ3v) is 8.02. The van der Waals surface area contributed by atoms with Crippen LogP contribution in [0.4, 0.5) is 0 Å². The highest BCUT2D eigenvalue weighted by Gasteiger charge is 2.38. The van der Waals surface area contributed by atoms with Gasteiger partial charge in [0.1, 0.15) is 0 Å². The van der Waals surface area contributed by atoms with E-state index in [0.29, 0.717) is 13.0 Å². The van der Waals surface area contributed by atoms with Gasteiger partial charge in [-0.25, -0.2) is 8.42 Å². The van der Waals surface area contributed by atoms with E-state index in [1.807, 2.05) is 18.7 Å². The van der Waals surface area contributed by atoms with Gasteiger partial charge in [-0.15, -0.1) is 0 Å². The maximum absolute atomic E-state index is 13.0. The molecule has 1 heterocycles. The number of amides is 1. The Bertz CT molecular complexity index is 607. The molecule has 0 aromatic heterocycles. The normalized spacial score (nSPS) is 21.6. The fourth-order valence-electron chi connectivity index (χ4n) is 5.35. The fourth-order valence-corrected chi connectivity index (χ4v) is 5.83. The average molecular weight is 475 g/mol. The van der Waals surface area contributed by atoms with Crippen molar-refractivity contribution < 1.29 is 22.2 Å². The zero-order chi connectivity index (χ0) is 23.9. The first-order chi connectivity index (χ1) is 15.3. The molecule has 1 rings (SSSR count). The monoisotopic (exact) mass is 474 g/mol. The molecule has 0 N–H and O–H groups in total. The maximum atomic E-state index is 13.0. The highest BCUT2D eigenvalue weighted by atomic mass is 32.2. The first-order valence-corrected chi connectivity index (χ1v) is 14.9. The molecule has 0 spiro atoms. The Morgan fingerprint density at radius 2 is 1.41 bits per heavy atom. The zero-order valence-corrected chi connectivity index (χ0v) is 22.0. The summed E-state index contributed by atoms with van der Waals surface area (Å²) in [5, 5.41) is 0. The van der Waals surface area contributed by atoms with Crippen molar-refractivity contribution in [2.45, 2.75) is 104 Å². The lowest BCUT2D eigenvalue weighted by Crippen LogP contribution is -2.58. The van der Waals surface area contributed by atoms with Gasteiger partial charge in [-0.1, -0.05) is 58.3 Å². The van der Waals surface area contributed by atoms with Crippen molar-refractivity contribution >= 4 is 16.0 Å². The summed E-state index contributed by atoms with van der Waals surface area (Å²) in [6.07, 6.45) is 15.2. The molecule has 190 valence electrons. The number of likely N-dealkylation sites (tertiary alicyclic amines) is 1. The standard InChI is InChI=1S/C25H50N2O4S/c1-4-7-8-9-10-11-12-13-14-15-19-27(21-17-22-32(29,30)31)20-16-18-24(23-27)25(28)26(5-2)6-3/h24H,4-23H2,1-3H3. The lowest BCUT2D eigenvalue weighted by atomic mass is 9.93. The second-order valence-corrected chi connectivity index (χ2v) is 11.4.